The lowest BCUT2D eigenvalue weighted by Gasteiger charge is -2.02. The molecule has 4 heteroatoms. The number of likely N-dealkylation sites (N-methyl/N-ethyl adjacent to an activating group) is 1. The normalized spacial score (nSPS) is 15.0. The van der Waals surface area contributed by atoms with Gasteiger partial charge in [-0.25, -0.2) is 0 Å². The van der Waals surface area contributed by atoms with Gasteiger partial charge in [0.1, 0.15) is 0 Å². The largest absolute Gasteiger partial charge is 0.454 e. The van der Waals surface area contributed by atoms with Gasteiger partial charge in [0.15, 0.2) is 17.3 Å². The van der Waals surface area contributed by atoms with Gasteiger partial charge in [-0.15, -0.1) is 0 Å². The van der Waals surface area contributed by atoms with Gasteiger partial charge in [0, 0.05) is 8.30 Å². The molecular weight excluding hydrogens is 194 g/mol. The van der Waals surface area contributed by atoms with Gasteiger partial charge >= 0.3 is 0 Å². The molecular formula is C11H13NO3. The van der Waals surface area contributed by atoms with Crippen molar-refractivity contribution in [2.45, 2.75) is 6.88 Å². The van der Waals surface area contributed by atoms with E-state index < -0.39 is 6.88 Å². The summed E-state index contributed by atoms with van der Waals surface area (Å²) >= 11 is 0. The third-order valence-corrected chi connectivity index (χ3v) is 2.12. The number of ketones is 1. The number of carbonyl (C=O) groups excluding carboxylic acids is 1. The Kier molecular flexibility index (Phi) is 2.22. The molecule has 2 rings (SSSR count). The molecule has 4 nitrogen and oxygen atoms in total. The molecule has 0 unspecified atom stereocenters. The fraction of sp³-hybridized carbons (Fsp3) is 0.364. The second-order valence-corrected chi connectivity index (χ2v) is 3.12. The average molecular weight is 209 g/mol. The number of ether oxygens (including phenoxy) is 2. The maximum Gasteiger partial charge on any atom is 0.231 e. The van der Waals surface area contributed by atoms with E-state index in [9.17, 15) is 4.79 Å². The van der Waals surface area contributed by atoms with Gasteiger partial charge in [-0.3, -0.25) is 4.79 Å². The second-order valence-electron chi connectivity index (χ2n) is 3.12. The Hall–Kier alpha value is -1.55. The van der Waals surface area contributed by atoms with Crippen molar-refractivity contribution in [1.82, 2.24) is 5.32 Å². The third kappa shape index (κ3) is 2.10. The number of fused-ring (bicyclic) bond motifs is 1. The maximum atomic E-state index is 11.7. The topological polar surface area (TPSA) is 47.6 Å². The van der Waals surface area contributed by atoms with Gasteiger partial charge in [-0.1, -0.05) is 6.88 Å². The number of hydrogen-bond acceptors (Lipinski definition) is 4. The SMILES string of the molecule is [2H]C([2H])CNCC(=O)c1ccc2c(c1)OCO2. The highest BCUT2D eigenvalue weighted by Gasteiger charge is 2.15. The number of nitrogens with one attached hydrogen (secondary N) is 1. The van der Waals surface area contributed by atoms with Gasteiger partial charge in [0.05, 0.1) is 6.54 Å². The summed E-state index contributed by atoms with van der Waals surface area (Å²) in [5.41, 5.74) is 0.535. The molecule has 0 amide bonds. The zero-order valence-electron chi connectivity index (χ0n) is 10.2. The fourth-order valence-electron chi connectivity index (χ4n) is 1.36. The van der Waals surface area contributed by atoms with Crippen molar-refractivity contribution in [2.24, 2.45) is 0 Å². The van der Waals surface area contributed by atoms with E-state index in [4.69, 9.17) is 12.2 Å². The molecule has 1 aliphatic heterocycles. The molecule has 15 heavy (non-hydrogen) atoms. The first-order valence-corrected chi connectivity index (χ1v) is 4.65. The standard InChI is InChI=1S/C11H13NO3/c1-2-12-6-9(13)8-3-4-10-11(5-8)15-7-14-10/h3-5,12H,2,6-7H2,1H3/i1D2. The number of benzene rings is 1. The van der Waals surface area contributed by atoms with Gasteiger partial charge in [-0.05, 0) is 24.7 Å². The lowest BCUT2D eigenvalue weighted by Crippen LogP contribution is -2.22. The van der Waals surface area contributed by atoms with Crippen molar-refractivity contribution >= 4 is 5.78 Å². The minimum absolute atomic E-state index is 0.0936. The average Bonchev–Trinajstić information content (AvgIpc) is 2.75. The first-order chi connectivity index (χ1) is 8.16. The second kappa shape index (κ2) is 4.31. The van der Waals surface area contributed by atoms with E-state index >= 15 is 0 Å². The zero-order chi connectivity index (χ0) is 12.3. The molecule has 0 radical (unpaired) electrons. The Bertz CT molecular complexity index is 423. The van der Waals surface area contributed by atoms with Crippen molar-refractivity contribution in [3.63, 3.8) is 0 Å². The first-order valence-electron chi connectivity index (χ1n) is 5.80. The lowest BCUT2D eigenvalue weighted by atomic mass is 10.1. The lowest BCUT2D eigenvalue weighted by molar-refractivity contribution is 0.0991. The van der Waals surface area contributed by atoms with E-state index in [0.717, 1.165) is 0 Å². The van der Waals surface area contributed by atoms with Gasteiger partial charge in [0.2, 0.25) is 6.79 Å². The minimum atomic E-state index is -0.959. The molecule has 0 bridgehead atoms. The smallest absolute Gasteiger partial charge is 0.231 e. The summed E-state index contributed by atoms with van der Waals surface area (Å²) in [6.45, 7) is -0.478. The highest BCUT2D eigenvalue weighted by Crippen LogP contribution is 2.32. The molecule has 0 saturated heterocycles. The Morgan fingerprint density at radius 2 is 2.40 bits per heavy atom. The fourth-order valence-corrected chi connectivity index (χ4v) is 1.36. The molecule has 0 aliphatic carbocycles. The minimum Gasteiger partial charge on any atom is -0.454 e. The number of rotatable bonds is 4. The monoisotopic (exact) mass is 209 g/mol. The van der Waals surface area contributed by atoms with E-state index in [1.54, 1.807) is 18.2 Å². The number of Topliss-reactive ketones (excluding diaryl/α,β-unsaturated/α-hetero) is 1. The number of hydrogen-bond donors (Lipinski definition) is 1. The first kappa shape index (κ1) is 7.70. The molecule has 1 aromatic carbocycles. The van der Waals surface area contributed by atoms with Crippen molar-refractivity contribution < 1.29 is 17.0 Å². The van der Waals surface area contributed by atoms with Crippen LogP contribution in [0.3, 0.4) is 0 Å². The zero-order valence-corrected chi connectivity index (χ0v) is 8.16. The molecule has 1 aromatic rings. The van der Waals surface area contributed by atoms with Crippen molar-refractivity contribution in [3.8, 4) is 11.5 Å². The van der Waals surface area contributed by atoms with Crippen LogP contribution in [-0.4, -0.2) is 25.7 Å². The number of carbonyl (C=O) groups is 1. The molecule has 1 N–H and O–H groups in total. The molecule has 80 valence electrons. The van der Waals surface area contributed by atoms with Crippen LogP contribution >= 0.6 is 0 Å². The molecule has 0 atom stereocenters. The van der Waals surface area contributed by atoms with Crippen molar-refractivity contribution in [1.29, 1.82) is 0 Å². The Labute approximate surface area is 91.0 Å². The predicted octanol–water partition coefficient (Wildman–Crippen LogP) is 1.21. The van der Waals surface area contributed by atoms with E-state index in [0.29, 0.717) is 17.1 Å². The van der Waals surface area contributed by atoms with Gasteiger partial charge in [0.25, 0.3) is 0 Å². The van der Waals surface area contributed by atoms with E-state index in [-0.39, 0.29) is 25.7 Å². The predicted molar refractivity (Wildman–Crippen MR) is 55.4 cm³/mol. The molecule has 0 fully saturated rings. The highest BCUT2D eigenvalue weighted by atomic mass is 16.7. The van der Waals surface area contributed by atoms with Crippen LogP contribution in [0.25, 0.3) is 0 Å². The van der Waals surface area contributed by atoms with Crippen LogP contribution in [0.1, 0.15) is 20.0 Å². The quantitative estimate of drug-likeness (QED) is 0.757. The molecule has 1 heterocycles. The Morgan fingerprint density at radius 1 is 1.53 bits per heavy atom. The van der Waals surface area contributed by atoms with Crippen LogP contribution in [0.2, 0.25) is 0 Å². The maximum absolute atomic E-state index is 11.7. The van der Waals surface area contributed by atoms with Gasteiger partial charge in [-0.2, -0.15) is 0 Å². The van der Waals surface area contributed by atoms with Crippen molar-refractivity contribution in [3.05, 3.63) is 23.8 Å². The van der Waals surface area contributed by atoms with Crippen LogP contribution < -0.4 is 14.8 Å². The van der Waals surface area contributed by atoms with Crippen LogP contribution in [0, 0.1) is 0 Å². The summed E-state index contributed by atoms with van der Waals surface area (Å²) in [4.78, 5) is 11.7. The summed E-state index contributed by atoms with van der Waals surface area (Å²) < 4.78 is 24.3. The summed E-state index contributed by atoms with van der Waals surface area (Å²) in [5.74, 6) is 1.13. The summed E-state index contributed by atoms with van der Waals surface area (Å²) in [6.07, 6.45) is 0. The molecule has 0 spiro atoms. The molecule has 0 aromatic heterocycles. The van der Waals surface area contributed by atoms with Crippen LogP contribution in [0.5, 0.6) is 11.5 Å². The van der Waals surface area contributed by atoms with E-state index in [1.807, 2.05) is 0 Å². The van der Waals surface area contributed by atoms with E-state index in [1.165, 1.54) is 0 Å². The van der Waals surface area contributed by atoms with Crippen LogP contribution in [0.15, 0.2) is 18.2 Å². The molecule has 0 saturated carbocycles. The third-order valence-electron chi connectivity index (χ3n) is 2.12. The highest BCUT2D eigenvalue weighted by molar-refractivity contribution is 5.98. The summed E-state index contributed by atoms with van der Waals surface area (Å²) in [6, 6.07) is 5.02. The van der Waals surface area contributed by atoms with Gasteiger partial charge < -0.3 is 14.8 Å². The Balaban J connectivity index is 1.95. The van der Waals surface area contributed by atoms with Crippen LogP contribution in [-0.2, 0) is 0 Å². The Morgan fingerprint density at radius 3 is 3.27 bits per heavy atom. The van der Waals surface area contributed by atoms with Crippen molar-refractivity contribution in [2.75, 3.05) is 19.9 Å². The summed E-state index contributed by atoms with van der Waals surface area (Å²) in [5, 5.41) is 2.75. The van der Waals surface area contributed by atoms with E-state index in [2.05, 4.69) is 5.32 Å². The summed E-state index contributed by atoms with van der Waals surface area (Å²) in [7, 11) is 0. The van der Waals surface area contributed by atoms with Crippen LogP contribution in [0.4, 0.5) is 0 Å². The molecule has 1 aliphatic rings.